The van der Waals surface area contributed by atoms with Gasteiger partial charge in [-0.2, -0.15) is 0 Å². The van der Waals surface area contributed by atoms with E-state index in [1.54, 1.807) is 0 Å². The molecular weight excluding hydrogens is 126 g/mol. The van der Waals surface area contributed by atoms with Crippen LogP contribution in [-0.2, 0) is 0 Å². The van der Waals surface area contributed by atoms with E-state index in [2.05, 4.69) is 17.3 Å². The van der Waals surface area contributed by atoms with Crippen molar-refractivity contribution in [2.75, 3.05) is 0 Å². The average molecular weight is 139 g/mol. The van der Waals surface area contributed by atoms with Crippen LogP contribution >= 0.6 is 0 Å². The van der Waals surface area contributed by atoms with Gasteiger partial charge in [-0.3, -0.25) is 0 Å². The maximum absolute atomic E-state index is 8.44. The van der Waals surface area contributed by atoms with Crippen molar-refractivity contribution in [1.82, 2.24) is 0 Å². The summed E-state index contributed by atoms with van der Waals surface area (Å²) in [5, 5.41) is 11.6. The lowest BCUT2D eigenvalue weighted by atomic mass is 9.92. The molecule has 1 unspecified atom stereocenters. The van der Waals surface area contributed by atoms with Gasteiger partial charge < -0.3 is 5.21 Å². The summed E-state index contributed by atoms with van der Waals surface area (Å²) in [5.41, 5.74) is 0.830. The van der Waals surface area contributed by atoms with Crippen molar-refractivity contribution in [2.24, 2.45) is 11.1 Å². The predicted octanol–water partition coefficient (Wildman–Crippen LogP) is 2.19. The summed E-state index contributed by atoms with van der Waals surface area (Å²) in [7, 11) is 0. The molecule has 0 spiro atoms. The summed E-state index contributed by atoms with van der Waals surface area (Å²) in [6.07, 6.45) is 7.80. The van der Waals surface area contributed by atoms with Gasteiger partial charge in [0.25, 0.3) is 0 Å². The van der Waals surface area contributed by atoms with Crippen LogP contribution in [0.2, 0.25) is 0 Å². The van der Waals surface area contributed by atoms with E-state index in [0.29, 0.717) is 5.92 Å². The van der Waals surface area contributed by atoms with E-state index in [1.807, 2.05) is 6.92 Å². The minimum Gasteiger partial charge on any atom is -0.411 e. The molecule has 56 valence electrons. The maximum Gasteiger partial charge on any atom is 0.0608 e. The Bertz CT molecular complexity index is 161. The Morgan fingerprint density at radius 2 is 2.50 bits per heavy atom. The molecule has 10 heavy (non-hydrogen) atoms. The Morgan fingerprint density at radius 3 is 3.00 bits per heavy atom. The van der Waals surface area contributed by atoms with Crippen molar-refractivity contribution in [3.63, 3.8) is 0 Å². The quantitative estimate of drug-likeness (QED) is 0.257. The molecule has 0 bridgehead atoms. The van der Waals surface area contributed by atoms with Crippen LogP contribution in [0.1, 0.15) is 26.2 Å². The minimum atomic E-state index is 0.388. The molecule has 1 N–H and O–H groups in total. The fourth-order valence-electron chi connectivity index (χ4n) is 1.23. The molecule has 0 amide bonds. The van der Waals surface area contributed by atoms with Crippen molar-refractivity contribution < 1.29 is 5.21 Å². The molecule has 0 aliphatic heterocycles. The summed E-state index contributed by atoms with van der Waals surface area (Å²) in [6, 6.07) is 0. The smallest absolute Gasteiger partial charge is 0.0608 e. The molecule has 2 nitrogen and oxygen atoms in total. The Labute approximate surface area is 61.2 Å². The van der Waals surface area contributed by atoms with Gasteiger partial charge in [0.05, 0.1) is 5.71 Å². The molecule has 0 saturated heterocycles. The van der Waals surface area contributed by atoms with Gasteiger partial charge in [0, 0.05) is 5.92 Å². The van der Waals surface area contributed by atoms with Crippen molar-refractivity contribution in [3.05, 3.63) is 12.2 Å². The first-order valence-corrected chi connectivity index (χ1v) is 3.70. The van der Waals surface area contributed by atoms with Gasteiger partial charge in [-0.15, -0.1) is 0 Å². The lowest BCUT2D eigenvalue weighted by Gasteiger charge is -2.13. The summed E-state index contributed by atoms with van der Waals surface area (Å²) >= 11 is 0. The van der Waals surface area contributed by atoms with E-state index < -0.39 is 0 Å². The summed E-state index contributed by atoms with van der Waals surface area (Å²) in [6.45, 7) is 1.86. The van der Waals surface area contributed by atoms with Crippen molar-refractivity contribution in [1.29, 1.82) is 0 Å². The Balaban J connectivity index is 2.55. The number of hydrogen-bond donors (Lipinski definition) is 1. The molecule has 0 aromatic rings. The van der Waals surface area contributed by atoms with E-state index in [9.17, 15) is 0 Å². The maximum atomic E-state index is 8.44. The second kappa shape index (κ2) is 3.40. The van der Waals surface area contributed by atoms with Crippen LogP contribution in [-0.4, -0.2) is 10.9 Å². The third kappa shape index (κ3) is 1.59. The van der Waals surface area contributed by atoms with Crippen molar-refractivity contribution >= 4 is 5.71 Å². The van der Waals surface area contributed by atoms with Crippen LogP contribution in [0.3, 0.4) is 0 Å². The zero-order valence-electron chi connectivity index (χ0n) is 6.25. The molecule has 1 rings (SSSR count). The van der Waals surface area contributed by atoms with E-state index in [0.717, 1.165) is 12.1 Å². The van der Waals surface area contributed by atoms with Gasteiger partial charge in [-0.1, -0.05) is 17.3 Å². The first-order chi connectivity index (χ1) is 4.84. The van der Waals surface area contributed by atoms with Crippen LogP contribution in [0.5, 0.6) is 0 Å². The van der Waals surface area contributed by atoms with Crippen molar-refractivity contribution in [3.8, 4) is 0 Å². The van der Waals surface area contributed by atoms with E-state index >= 15 is 0 Å². The monoisotopic (exact) mass is 139 g/mol. The fourth-order valence-corrected chi connectivity index (χ4v) is 1.23. The first-order valence-electron chi connectivity index (χ1n) is 3.70. The number of hydrogen-bond acceptors (Lipinski definition) is 2. The fraction of sp³-hybridized carbons (Fsp3) is 0.625. The zero-order valence-corrected chi connectivity index (χ0v) is 6.25. The third-order valence-corrected chi connectivity index (χ3v) is 1.95. The number of oxime groups is 1. The molecule has 0 aromatic heterocycles. The minimum absolute atomic E-state index is 0.388. The number of nitrogens with zero attached hydrogens (tertiary/aromatic N) is 1. The highest BCUT2D eigenvalue weighted by Crippen LogP contribution is 2.17. The largest absolute Gasteiger partial charge is 0.411 e. The molecule has 1 aliphatic carbocycles. The van der Waals surface area contributed by atoms with Crippen LogP contribution in [0.25, 0.3) is 0 Å². The Hall–Kier alpha value is -0.790. The molecule has 0 fully saturated rings. The number of allylic oxidation sites excluding steroid dienone is 2. The summed E-state index contributed by atoms with van der Waals surface area (Å²) < 4.78 is 0. The lowest BCUT2D eigenvalue weighted by molar-refractivity contribution is 0.315. The zero-order chi connectivity index (χ0) is 7.40. The standard InChI is InChI=1S/C8H13NO/c1-7(9-10)8-5-3-2-4-6-8/h3,5,8,10H,2,4,6H2,1H3/b9-7-. The molecule has 1 aliphatic rings. The third-order valence-electron chi connectivity index (χ3n) is 1.95. The van der Waals surface area contributed by atoms with Crippen LogP contribution in [0.4, 0.5) is 0 Å². The van der Waals surface area contributed by atoms with E-state index in [1.165, 1.54) is 12.8 Å². The van der Waals surface area contributed by atoms with Crippen LogP contribution < -0.4 is 0 Å². The highest BCUT2D eigenvalue weighted by molar-refractivity contribution is 5.85. The van der Waals surface area contributed by atoms with Crippen LogP contribution in [0.15, 0.2) is 17.3 Å². The van der Waals surface area contributed by atoms with Gasteiger partial charge >= 0.3 is 0 Å². The summed E-state index contributed by atoms with van der Waals surface area (Å²) in [4.78, 5) is 0. The van der Waals surface area contributed by atoms with E-state index in [4.69, 9.17) is 5.21 Å². The summed E-state index contributed by atoms with van der Waals surface area (Å²) in [5.74, 6) is 0.388. The lowest BCUT2D eigenvalue weighted by Crippen LogP contribution is -2.10. The molecule has 0 aromatic carbocycles. The van der Waals surface area contributed by atoms with Gasteiger partial charge in [-0.05, 0) is 26.2 Å². The second-order valence-electron chi connectivity index (χ2n) is 2.71. The highest BCUT2D eigenvalue weighted by Gasteiger charge is 2.10. The van der Waals surface area contributed by atoms with E-state index in [-0.39, 0.29) is 0 Å². The second-order valence-corrected chi connectivity index (χ2v) is 2.71. The number of rotatable bonds is 1. The Morgan fingerprint density at radius 1 is 1.70 bits per heavy atom. The molecule has 0 heterocycles. The molecule has 1 atom stereocenters. The van der Waals surface area contributed by atoms with Gasteiger partial charge in [0.15, 0.2) is 0 Å². The van der Waals surface area contributed by atoms with Gasteiger partial charge in [-0.25, -0.2) is 0 Å². The van der Waals surface area contributed by atoms with Gasteiger partial charge in [0.2, 0.25) is 0 Å². The molecule has 2 heteroatoms. The average Bonchev–Trinajstić information content (AvgIpc) is 2.05. The SMILES string of the molecule is C/C(=N/O)C1C=CCCC1. The normalized spacial score (nSPS) is 26.9. The predicted molar refractivity (Wildman–Crippen MR) is 41.4 cm³/mol. The molecule has 0 radical (unpaired) electrons. The topological polar surface area (TPSA) is 32.6 Å². The van der Waals surface area contributed by atoms with Crippen molar-refractivity contribution in [2.45, 2.75) is 26.2 Å². The first kappa shape index (κ1) is 7.32. The molecule has 0 saturated carbocycles. The van der Waals surface area contributed by atoms with Gasteiger partial charge in [0.1, 0.15) is 0 Å². The Kier molecular flexibility index (Phi) is 2.49. The van der Waals surface area contributed by atoms with Crippen LogP contribution in [0, 0.1) is 5.92 Å². The highest BCUT2D eigenvalue weighted by atomic mass is 16.4. The molecular formula is C8H13NO.